The van der Waals surface area contributed by atoms with E-state index in [9.17, 15) is 4.39 Å². The maximum Gasteiger partial charge on any atom is 0.139 e. The van der Waals surface area contributed by atoms with Gasteiger partial charge in [0.15, 0.2) is 0 Å². The number of amidine groups is 1. The first-order chi connectivity index (χ1) is 13.1. The summed E-state index contributed by atoms with van der Waals surface area (Å²) in [6, 6.07) is 7.34. The molecule has 3 heterocycles. The van der Waals surface area contributed by atoms with E-state index in [1.807, 2.05) is 0 Å². The molecule has 0 amide bonds. The summed E-state index contributed by atoms with van der Waals surface area (Å²) in [5.41, 5.74) is 2.61. The molecular weight excluding hydrogens is 363 g/mol. The maximum atomic E-state index is 13.7. The van der Waals surface area contributed by atoms with Crippen LogP contribution in [0.25, 0.3) is 0 Å². The Morgan fingerprint density at radius 2 is 2.26 bits per heavy atom. The predicted molar refractivity (Wildman–Crippen MR) is 109 cm³/mol. The summed E-state index contributed by atoms with van der Waals surface area (Å²) in [6.07, 6.45) is 2.12. The monoisotopic (exact) mass is 388 g/mol. The minimum Gasteiger partial charge on any atom is -0.385 e. The Morgan fingerprint density at radius 3 is 3.11 bits per heavy atom. The van der Waals surface area contributed by atoms with Gasteiger partial charge in [-0.1, -0.05) is 0 Å². The fraction of sp³-hybridized carbons (Fsp3) is 0.450. The van der Waals surface area contributed by atoms with Crippen molar-refractivity contribution in [3.8, 4) is 0 Å². The molecule has 27 heavy (non-hydrogen) atoms. The minimum atomic E-state index is -0.255. The van der Waals surface area contributed by atoms with Crippen LogP contribution in [0.2, 0.25) is 0 Å². The Kier molecular flexibility index (Phi) is 5.43. The van der Waals surface area contributed by atoms with E-state index in [2.05, 4.69) is 28.5 Å². The average Bonchev–Trinajstić information content (AvgIpc) is 2.94. The first-order valence-electron chi connectivity index (χ1n) is 9.37. The van der Waals surface area contributed by atoms with Crippen LogP contribution in [0.15, 0.2) is 29.3 Å². The number of hydrogen-bond donors (Lipinski definition) is 2. The topological polar surface area (TPSA) is 48.9 Å². The van der Waals surface area contributed by atoms with Gasteiger partial charge in [0.1, 0.15) is 16.7 Å². The highest BCUT2D eigenvalue weighted by molar-refractivity contribution is 7.16. The maximum absolute atomic E-state index is 13.7. The van der Waals surface area contributed by atoms with Crippen molar-refractivity contribution in [3.63, 3.8) is 0 Å². The lowest BCUT2D eigenvalue weighted by atomic mass is 10.1. The zero-order valence-corrected chi connectivity index (χ0v) is 16.5. The molecule has 2 aliphatic rings. The summed E-state index contributed by atoms with van der Waals surface area (Å²) in [7, 11) is 1.74. The van der Waals surface area contributed by atoms with Crippen molar-refractivity contribution < 1.29 is 9.13 Å². The van der Waals surface area contributed by atoms with Crippen molar-refractivity contribution in [1.29, 1.82) is 0 Å². The standard InChI is InChI=1S/C20H25FN4OS/c1-13-10-16-19(25-8-7-22-15(12-25)4-3-9-26-2)23-17-6-5-14(21)11-18(17)24-20(16)27-13/h5-6,10-11,15,22,24H,3-4,7-9,12H2,1-2H3/t15-/m0/s1. The molecule has 4 rings (SSSR count). The van der Waals surface area contributed by atoms with Crippen molar-refractivity contribution in [2.45, 2.75) is 25.8 Å². The van der Waals surface area contributed by atoms with Crippen molar-refractivity contribution in [1.82, 2.24) is 10.2 Å². The molecule has 0 radical (unpaired) electrons. The number of hydrogen-bond acceptors (Lipinski definition) is 6. The van der Waals surface area contributed by atoms with Crippen molar-refractivity contribution in [3.05, 3.63) is 40.5 Å². The SMILES string of the molecule is COCCC[C@H]1CN(C2=Nc3ccc(F)cc3Nc3sc(C)cc32)CCN1. The van der Waals surface area contributed by atoms with Crippen LogP contribution >= 0.6 is 11.3 Å². The van der Waals surface area contributed by atoms with Gasteiger partial charge in [-0.2, -0.15) is 0 Å². The van der Waals surface area contributed by atoms with Crippen LogP contribution in [-0.4, -0.2) is 50.1 Å². The van der Waals surface area contributed by atoms with E-state index >= 15 is 0 Å². The van der Waals surface area contributed by atoms with Crippen LogP contribution in [0.3, 0.4) is 0 Å². The molecule has 1 saturated heterocycles. The van der Waals surface area contributed by atoms with E-state index in [1.165, 1.54) is 17.0 Å². The third-order valence-corrected chi connectivity index (χ3v) is 5.95. The van der Waals surface area contributed by atoms with E-state index < -0.39 is 0 Å². The van der Waals surface area contributed by atoms with Gasteiger partial charge >= 0.3 is 0 Å². The van der Waals surface area contributed by atoms with Gasteiger partial charge in [0.05, 0.1) is 16.9 Å². The number of methoxy groups -OCH3 is 1. The molecule has 2 aromatic rings. The number of halogens is 1. The van der Waals surface area contributed by atoms with Gasteiger partial charge in [-0.15, -0.1) is 11.3 Å². The first kappa shape index (κ1) is 18.4. The summed E-state index contributed by atoms with van der Waals surface area (Å²) < 4.78 is 18.9. The zero-order chi connectivity index (χ0) is 18.8. The summed E-state index contributed by atoms with van der Waals surface area (Å²) in [5, 5.41) is 8.03. The second-order valence-electron chi connectivity index (χ2n) is 7.05. The van der Waals surface area contributed by atoms with E-state index in [1.54, 1.807) is 24.5 Å². The smallest absolute Gasteiger partial charge is 0.139 e. The lowest BCUT2D eigenvalue weighted by molar-refractivity contribution is 0.182. The lowest BCUT2D eigenvalue weighted by Crippen LogP contribution is -2.52. The molecule has 5 nitrogen and oxygen atoms in total. The molecule has 2 aliphatic heterocycles. The Hall–Kier alpha value is -1.96. The van der Waals surface area contributed by atoms with E-state index in [4.69, 9.17) is 9.73 Å². The van der Waals surface area contributed by atoms with Crippen LogP contribution < -0.4 is 10.6 Å². The Morgan fingerprint density at radius 1 is 1.37 bits per heavy atom. The van der Waals surface area contributed by atoms with Gasteiger partial charge in [0, 0.05) is 44.3 Å². The number of anilines is 2. The quantitative estimate of drug-likeness (QED) is 0.777. The van der Waals surface area contributed by atoms with Gasteiger partial charge in [0.2, 0.25) is 0 Å². The van der Waals surface area contributed by atoms with Gasteiger partial charge in [-0.3, -0.25) is 0 Å². The minimum absolute atomic E-state index is 0.255. The molecule has 7 heteroatoms. The fourth-order valence-electron chi connectivity index (χ4n) is 3.70. The van der Waals surface area contributed by atoms with Crippen molar-refractivity contribution in [2.75, 3.05) is 38.7 Å². The molecule has 1 aromatic carbocycles. The van der Waals surface area contributed by atoms with E-state index in [0.29, 0.717) is 6.04 Å². The number of nitrogens with one attached hydrogen (secondary N) is 2. The van der Waals surface area contributed by atoms with Gasteiger partial charge in [-0.05, 0) is 44.0 Å². The van der Waals surface area contributed by atoms with E-state index in [0.717, 1.165) is 66.9 Å². The highest BCUT2D eigenvalue weighted by atomic mass is 32.1. The second-order valence-corrected chi connectivity index (χ2v) is 8.31. The first-order valence-corrected chi connectivity index (χ1v) is 10.2. The van der Waals surface area contributed by atoms with E-state index in [-0.39, 0.29) is 5.82 Å². The third-order valence-electron chi connectivity index (χ3n) is 4.99. The number of thiophene rings is 1. The summed E-state index contributed by atoms with van der Waals surface area (Å²) in [5.74, 6) is 0.723. The molecule has 1 aromatic heterocycles. The number of ether oxygens (including phenoxy) is 1. The van der Waals surface area contributed by atoms with Crippen LogP contribution in [0, 0.1) is 12.7 Å². The molecule has 144 valence electrons. The van der Waals surface area contributed by atoms with Crippen LogP contribution in [-0.2, 0) is 4.74 Å². The molecule has 0 bridgehead atoms. The lowest BCUT2D eigenvalue weighted by Gasteiger charge is -2.35. The number of benzene rings is 1. The zero-order valence-electron chi connectivity index (χ0n) is 15.7. The number of aryl methyl sites for hydroxylation is 1. The fourth-order valence-corrected chi connectivity index (χ4v) is 4.62. The van der Waals surface area contributed by atoms with Gasteiger partial charge < -0.3 is 20.3 Å². The molecule has 0 unspecified atom stereocenters. The Labute approximate surface area is 163 Å². The van der Waals surface area contributed by atoms with Crippen LogP contribution in [0.1, 0.15) is 23.3 Å². The summed E-state index contributed by atoms with van der Waals surface area (Å²) in [6.45, 7) is 5.63. The van der Waals surface area contributed by atoms with Crippen molar-refractivity contribution >= 4 is 33.5 Å². The number of aliphatic imine (C=N–C) groups is 1. The molecule has 0 saturated carbocycles. The van der Waals surface area contributed by atoms with Crippen LogP contribution in [0.4, 0.5) is 20.8 Å². The van der Waals surface area contributed by atoms with Crippen LogP contribution in [0.5, 0.6) is 0 Å². The third kappa shape index (κ3) is 4.00. The molecule has 0 spiro atoms. The Balaban J connectivity index is 1.66. The highest BCUT2D eigenvalue weighted by Crippen LogP contribution is 2.39. The molecule has 2 N–H and O–H groups in total. The predicted octanol–water partition coefficient (Wildman–Crippen LogP) is 4.03. The summed E-state index contributed by atoms with van der Waals surface area (Å²) >= 11 is 1.69. The largest absolute Gasteiger partial charge is 0.385 e. The Bertz CT molecular complexity index is 851. The normalized spacial score (nSPS) is 19.0. The number of nitrogens with zero attached hydrogens (tertiary/aromatic N) is 2. The molecular formula is C20H25FN4OS. The molecule has 0 aliphatic carbocycles. The number of piperazine rings is 1. The van der Waals surface area contributed by atoms with Gasteiger partial charge in [-0.25, -0.2) is 9.38 Å². The van der Waals surface area contributed by atoms with Gasteiger partial charge in [0.25, 0.3) is 0 Å². The highest BCUT2D eigenvalue weighted by Gasteiger charge is 2.27. The molecule has 1 atom stereocenters. The number of rotatable bonds is 4. The average molecular weight is 389 g/mol. The second kappa shape index (κ2) is 7.96. The van der Waals surface area contributed by atoms with Crippen molar-refractivity contribution in [2.24, 2.45) is 4.99 Å². The summed E-state index contributed by atoms with van der Waals surface area (Å²) in [4.78, 5) is 8.53. The molecule has 1 fully saturated rings. The number of fused-ring (bicyclic) bond motifs is 2.